The number of Topliss-reactive ketones (excluding diaryl/α,β-unsaturated/α-hetero) is 1. The molecule has 0 spiro atoms. The molecule has 0 aliphatic rings. The molecule has 2 N–H and O–H groups in total. The van der Waals surface area contributed by atoms with Gasteiger partial charge >= 0.3 is 11.9 Å². The molecule has 1 heterocycles. The summed E-state index contributed by atoms with van der Waals surface area (Å²) >= 11 is 12.1. The van der Waals surface area contributed by atoms with Crippen LogP contribution < -0.4 is 4.74 Å². The summed E-state index contributed by atoms with van der Waals surface area (Å²) < 4.78 is 7.47. The summed E-state index contributed by atoms with van der Waals surface area (Å²) in [6, 6.07) is 5.22. The maximum absolute atomic E-state index is 12.1. The summed E-state index contributed by atoms with van der Waals surface area (Å²) in [6.07, 6.45) is 0. The number of nitrogens with zero attached hydrogens (tertiary/aromatic N) is 3. The second-order valence-corrected chi connectivity index (χ2v) is 7.13. The maximum Gasteiger partial charge on any atom is 0.414 e. The quantitative estimate of drug-likeness (QED) is 0.440. The van der Waals surface area contributed by atoms with Gasteiger partial charge in [-0.25, -0.2) is 14.3 Å². The Morgan fingerprint density at radius 2 is 1.68 bits per heavy atom. The minimum absolute atomic E-state index is 0.0818. The molecule has 1 aromatic carbocycles. The predicted molar refractivity (Wildman–Crippen MR) is 117 cm³/mol. The third-order valence-corrected chi connectivity index (χ3v) is 5.05. The number of likely N-dealkylation sites (N-methyl/N-ethyl adjacent to an activating group) is 1. The van der Waals surface area contributed by atoms with E-state index in [4.69, 9.17) is 47.7 Å². The Labute approximate surface area is 190 Å². The molecule has 1 aromatic heterocycles. The van der Waals surface area contributed by atoms with Gasteiger partial charge < -0.3 is 19.8 Å². The van der Waals surface area contributed by atoms with Crippen LogP contribution in [0.15, 0.2) is 18.2 Å². The maximum atomic E-state index is 12.1. The molecule has 0 aliphatic carbocycles. The van der Waals surface area contributed by atoms with Gasteiger partial charge in [0.1, 0.15) is 12.2 Å². The van der Waals surface area contributed by atoms with Crippen molar-refractivity contribution in [2.45, 2.75) is 27.7 Å². The Bertz CT molecular complexity index is 929. The number of carbonyl (C=O) groups excluding carboxylic acids is 1. The molecule has 9 nitrogen and oxygen atoms in total. The highest BCUT2D eigenvalue weighted by Gasteiger charge is 2.21. The number of benzene rings is 1. The zero-order chi connectivity index (χ0) is 23.7. The van der Waals surface area contributed by atoms with E-state index < -0.39 is 11.9 Å². The summed E-state index contributed by atoms with van der Waals surface area (Å²) in [7, 11) is 0. The minimum Gasteiger partial charge on any atom is -0.475 e. The molecule has 170 valence electrons. The fourth-order valence-corrected chi connectivity index (χ4v) is 2.95. The van der Waals surface area contributed by atoms with Crippen molar-refractivity contribution in [2.75, 3.05) is 26.2 Å². The van der Waals surface area contributed by atoms with Gasteiger partial charge in [0.25, 0.3) is 0 Å². The summed E-state index contributed by atoms with van der Waals surface area (Å²) in [5.41, 5.74) is 1.93. The van der Waals surface area contributed by atoms with Gasteiger partial charge in [-0.1, -0.05) is 37.0 Å². The van der Waals surface area contributed by atoms with Gasteiger partial charge in [-0.05, 0) is 45.1 Å². The number of rotatable bonds is 8. The van der Waals surface area contributed by atoms with E-state index in [1.165, 1.54) is 6.92 Å². The molecule has 0 saturated carbocycles. The molecule has 11 heteroatoms. The highest BCUT2D eigenvalue weighted by molar-refractivity contribution is 6.42. The molecule has 31 heavy (non-hydrogen) atoms. The second-order valence-electron chi connectivity index (χ2n) is 6.32. The van der Waals surface area contributed by atoms with Crippen LogP contribution in [0.25, 0.3) is 5.69 Å². The second kappa shape index (κ2) is 12.3. The van der Waals surface area contributed by atoms with Gasteiger partial charge in [0, 0.05) is 6.54 Å². The zero-order valence-corrected chi connectivity index (χ0v) is 19.2. The zero-order valence-electron chi connectivity index (χ0n) is 17.7. The minimum atomic E-state index is -1.82. The third-order valence-electron chi connectivity index (χ3n) is 4.31. The predicted octanol–water partition coefficient (Wildman–Crippen LogP) is 3.57. The molecule has 0 saturated heterocycles. The first-order chi connectivity index (χ1) is 14.5. The van der Waals surface area contributed by atoms with E-state index in [9.17, 15) is 4.79 Å². The van der Waals surface area contributed by atoms with Gasteiger partial charge in [0.05, 0.1) is 21.4 Å². The number of carbonyl (C=O) groups is 3. The fraction of sp³-hybridized carbons (Fsp3) is 0.400. The summed E-state index contributed by atoms with van der Waals surface area (Å²) in [6.45, 7) is 10.7. The fourth-order valence-electron chi connectivity index (χ4n) is 2.66. The van der Waals surface area contributed by atoms with Gasteiger partial charge in [0.15, 0.2) is 5.78 Å². The van der Waals surface area contributed by atoms with E-state index in [0.29, 0.717) is 33.8 Å². The Hall–Kier alpha value is -2.62. The van der Waals surface area contributed by atoms with E-state index >= 15 is 0 Å². The summed E-state index contributed by atoms with van der Waals surface area (Å²) in [4.78, 5) is 32.5. The van der Waals surface area contributed by atoms with Crippen LogP contribution in [-0.2, 0) is 9.59 Å². The molecule has 2 aromatic rings. The van der Waals surface area contributed by atoms with Crippen molar-refractivity contribution in [2.24, 2.45) is 0 Å². The smallest absolute Gasteiger partial charge is 0.414 e. The molecule has 0 aliphatic heterocycles. The lowest BCUT2D eigenvalue weighted by Gasteiger charge is -2.17. The Morgan fingerprint density at radius 1 is 1.10 bits per heavy atom. The van der Waals surface area contributed by atoms with Crippen molar-refractivity contribution in [3.05, 3.63) is 39.5 Å². The van der Waals surface area contributed by atoms with Crippen LogP contribution in [-0.4, -0.2) is 68.9 Å². The number of carboxylic acid groups (broad SMARTS) is 2. The number of aliphatic carboxylic acids is 2. The van der Waals surface area contributed by atoms with Crippen LogP contribution in [0.5, 0.6) is 5.88 Å². The molecule has 0 unspecified atom stereocenters. The lowest BCUT2D eigenvalue weighted by molar-refractivity contribution is -0.159. The Morgan fingerprint density at radius 3 is 2.13 bits per heavy atom. The number of halogens is 2. The van der Waals surface area contributed by atoms with Gasteiger partial charge in [-0.3, -0.25) is 4.79 Å². The van der Waals surface area contributed by atoms with Gasteiger partial charge in [0.2, 0.25) is 5.88 Å². The van der Waals surface area contributed by atoms with Crippen LogP contribution in [0.1, 0.15) is 36.8 Å². The molecule has 0 atom stereocenters. The molecular formula is C20H25Cl2N3O6. The average Bonchev–Trinajstić information content (AvgIpc) is 3.04. The van der Waals surface area contributed by atoms with Crippen molar-refractivity contribution < 1.29 is 29.3 Å². The van der Waals surface area contributed by atoms with E-state index in [1.807, 2.05) is 6.92 Å². The largest absolute Gasteiger partial charge is 0.475 e. The normalized spacial score (nSPS) is 10.4. The Kier molecular flexibility index (Phi) is 10.5. The summed E-state index contributed by atoms with van der Waals surface area (Å²) in [5, 5.41) is 20.2. The average molecular weight is 474 g/mol. The van der Waals surface area contributed by atoms with Crippen LogP contribution >= 0.6 is 23.2 Å². The van der Waals surface area contributed by atoms with Crippen LogP contribution in [0.4, 0.5) is 0 Å². The topological polar surface area (TPSA) is 122 Å². The van der Waals surface area contributed by atoms with Crippen molar-refractivity contribution in [1.29, 1.82) is 0 Å². The third kappa shape index (κ3) is 7.54. The highest BCUT2D eigenvalue weighted by Crippen LogP contribution is 2.28. The van der Waals surface area contributed by atoms with Crippen molar-refractivity contribution in [1.82, 2.24) is 14.7 Å². The van der Waals surface area contributed by atoms with E-state index in [2.05, 4.69) is 23.8 Å². The number of hydrogen-bond acceptors (Lipinski definition) is 6. The highest BCUT2D eigenvalue weighted by atomic mass is 35.5. The number of ether oxygens (including phenoxy) is 1. The van der Waals surface area contributed by atoms with Crippen LogP contribution in [0, 0.1) is 6.92 Å². The molecule has 2 rings (SSSR count). The van der Waals surface area contributed by atoms with Crippen molar-refractivity contribution in [3.8, 4) is 11.6 Å². The monoisotopic (exact) mass is 473 g/mol. The molecular weight excluding hydrogens is 449 g/mol. The first-order valence-corrected chi connectivity index (χ1v) is 10.2. The molecule has 0 bridgehead atoms. The van der Waals surface area contributed by atoms with Crippen molar-refractivity contribution >= 4 is 40.9 Å². The lowest BCUT2D eigenvalue weighted by Crippen LogP contribution is -2.28. The van der Waals surface area contributed by atoms with E-state index in [-0.39, 0.29) is 5.78 Å². The molecule has 0 amide bonds. The van der Waals surface area contributed by atoms with Crippen molar-refractivity contribution in [3.63, 3.8) is 0 Å². The molecule has 0 radical (unpaired) electrons. The summed E-state index contributed by atoms with van der Waals surface area (Å²) in [5.74, 6) is -3.38. The van der Waals surface area contributed by atoms with Crippen LogP contribution in [0.3, 0.4) is 0 Å². The van der Waals surface area contributed by atoms with E-state index in [0.717, 1.165) is 25.3 Å². The number of hydrogen-bond donors (Lipinski definition) is 2. The van der Waals surface area contributed by atoms with E-state index in [1.54, 1.807) is 22.9 Å². The molecule has 0 fully saturated rings. The first kappa shape index (κ1) is 26.4. The first-order valence-electron chi connectivity index (χ1n) is 9.40. The lowest BCUT2D eigenvalue weighted by atomic mass is 10.2. The number of carboxylic acids is 2. The van der Waals surface area contributed by atoms with Crippen LogP contribution in [0.2, 0.25) is 10.0 Å². The standard InChI is InChI=1S/C18H23Cl2N3O2.C2H2O4/c1-5-22(6-2)9-10-25-18-17(13(4)24)12(3)23(21-18)14-7-8-15(19)16(20)11-14;3-1(4)2(5)6/h7-8,11H,5-6,9-10H2,1-4H3;(H,3,4)(H,5,6). The number of aromatic nitrogens is 2. The SMILES string of the molecule is CCN(CC)CCOc1nn(-c2ccc(Cl)c(Cl)c2)c(C)c1C(C)=O.O=C(O)C(=O)O. The Balaban J connectivity index is 0.000000703. The number of ketones is 1. The van der Waals surface area contributed by atoms with Gasteiger partial charge in [-0.15, -0.1) is 5.10 Å². The van der Waals surface area contributed by atoms with Gasteiger partial charge in [-0.2, -0.15) is 0 Å².